The average Bonchev–Trinajstić information content (AvgIpc) is 2.60. The van der Waals surface area contributed by atoms with Gasteiger partial charge < -0.3 is 14.4 Å². The second-order valence-corrected chi connectivity index (χ2v) is 6.15. The van der Waals surface area contributed by atoms with E-state index in [0.29, 0.717) is 24.8 Å². The maximum atomic E-state index is 12.7. The molecule has 1 aliphatic heterocycles. The normalized spacial score (nSPS) is 17.5. The first-order chi connectivity index (χ1) is 12.8. The molecule has 144 valence electrons. The summed E-state index contributed by atoms with van der Waals surface area (Å²) < 4.78 is 46.8. The van der Waals surface area contributed by atoms with Crippen LogP contribution < -0.4 is 9.47 Å². The molecular formula is C18H18F3N3O3. The van der Waals surface area contributed by atoms with Crippen LogP contribution in [-0.4, -0.2) is 46.3 Å². The number of hydrogen-bond acceptors (Lipinski definition) is 5. The maximum absolute atomic E-state index is 12.7. The van der Waals surface area contributed by atoms with Crippen LogP contribution in [-0.2, 0) is 0 Å². The highest BCUT2D eigenvalue weighted by Crippen LogP contribution is 2.25. The third-order valence-corrected chi connectivity index (χ3v) is 4.02. The molecule has 1 aromatic heterocycles. The smallest absolute Gasteiger partial charge is 0.472 e. The molecule has 0 saturated carbocycles. The molecule has 27 heavy (non-hydrogen) atoms. The van der Waals surface area contributed by atoms with Gasteiger partial charge in [0.2, 0.25) is 5.88 Å². The Kier molecular flexibility index (Phi) is 5.48. The minimum atomic E-state index is -4.80. The van der Waals surface area contributed by atoms with Gasteiger partial charge in [-0.25, -0.2) is 4.98 Å². The quantitative estimate of drug-likeness (QED) is 0.813. The largest absolute Gasteiger partial charge is 0.573 e. The highest BCUT2D eigenvalue weighted by Gasteiger charge is 2.32. The van der Waals surface area contributed by atoms with E-state index in [9.17, 15) is 18.0 Å². The van der Waals surface area contributed by atoms with Gasteiger partial charge in [0, 0.05) is 24.4 Å². The maximum Gasteiger partial charge on any atom is 0.573 e. The standard InChI is InChI=1S/C18H18F3N3O3/c1-12-22-8-7-16(23-12)26-15-6-3-9-24(11-15)17(25)13-4-2-5-14(10-13)27-18(19,20)21/h2,4-5,7-8,10,15H,3,6,9,11H2,1H3. The van der Waals surface area contributed by atoms with Crippen molar-refractivity contribution in [2.75, 3.05) is 13.1 Å². The predicted octanol–water partition coefficient (Wildman–Crippen LogP) is 3.37. The molecule has 9 heteroatoms. The third kappa shape index (κ3) is 5.32. The van der Waals surface area contributed by atoms with E-state index in [1.165, 1.54) is 12.1 Å². The van der Waals surface area contributed by atoms with Crippen LogP contribution in [0, 0.1) is 6.92 Å². The van der Waals surface area contributed by atoms with Crippen LogP contribution >= 0.6 is 0 Å². The Bertz CT molecular complexity index is 814. The Morgan fingerprint density at radius 2 is 2.11 bits per heavy atom. The number of hydrogen-bond donors (Lipinski definition) is 0. The number of benzene rings is 1. The molecule has 0 spiro atoms. The van der Waals surface area contributed by atoms with Crippen molar-refractivity contribution in [3.05, 3.63) is 47.9 Å². The second-order valence-electron chi connectivity index (χ2n) is 6.15. The Labute approximate surface area is 153 Å². The van der Waals surface area contributed by atoms with E-state index in [2.05, 4.69) is 14.7 Å². The molecule has 1 fully saturated rings. The number of rotatable bonds is 4. The molecule has 1 unspecified atom stereocenters. The van der Waals surface area contributed by atoms with Crippen molar-refractivity contribution in [3.63, 3.8) is 0 Å². The van der Waals surface area contributed by atoms with Crippen molar-refractivity contribution in [1.29, 1.82) is 0 Å². The summed E-state index contributed by atoms with van der Waals surface area (Å²) in [7, 11) is 0. The highest BCUT2D eigenvalue weighted by molar-refractivity contribution is 5.94. The first-order valence-corrected chi connectivity index (χ1v) is 8.41. The van der Waals surface area contributed by atoms with Gasteiger partial charge >= 0.3 is 6.36 Å². The minimum Gasteiger partial charge on any atom is -0.472 e. The number of carbonyl (C=O) groups excluding carboxylic acids is 1. The SMILES string of the molecule is Cc1nccc(OC2CCCN(C(=O)c3cccc(OC(F)(F)F)c3)C2)n1. The molecule has 0 N–H and O–H groups in total. The molecule has 0 radical (unpaired) electrons. The number of ether oxygens (including phenoxy) is 2. The summed E-state index contributed by atoms with van der Waals surface area (Å²) in [5, 5.41) is 0. The van der Waals surface area contributed by atoms with E-state index in [1.807, 2.05) is 0 Å². The van der Waals surface area contributed by atoms with Gasteiger partial charge in [0.25, 0.3) is 5.91 Å². The van der Waals surface area contributed by atoms with Gasteiger partial charge in [0.05, 0.1) is 6.54 Å². The predicted molar refractivity (Wildman–Crippen MR) is 89.4 cm³/mol. The minimum absolute atomic E-state index is 0.135. The van der Waals surface area contributed by atoms with Crippen molar-refractivity contribution >= 4 is 5.91 Å². The summed E-state index contributed by atoms with van der Waals surface area (Å²) in [5.41, 5.74) is 0.135. The summed E-state index contributed by atoms with van der Waals surface area (Å²) in [5.74, 6) is 0.226. The van der Waals surface area contributed by atoms with Crippen LogP contribution in [0.3, 0.4) is 0 Å². The number of alkyl halides is 3. The second kappa shape index (κ2) is 7.81. The molecule has 1 saturated heterocycles. The van der Waals surface area contributed by atoms with Gasteiger partial charge in [0.1, 0.15) is 17.7 Å². The number of piperidine rings is 1. The average molecular weight is 381 g/mol. The van der Waals surface area contributed by atoms with Crippen LogP contribution in [0.1, 0.15) is 29.0 Å². The molecule has 3 rings (SSSR count). The van der Waals surface area contributed by atoms with Crippen molar-refractivity contribution in [2.24, 2.45) is 0 Å². The van der Waals surface area contributed by atoms with E-state index in [4.69, 9.17) is 4.74 Å². The summed E-state index contributed by atoms with van der Waals surface area (Å²) in [6, 6.07) is 6.71. The Hall–Kier alpha value is -2.84. The van der Waals surface area contributed by atoms with Crippen LogP contribution in [0.2, 0.25) is 0 Å². The number of likely N-dealkylation sites (tertiary alicyclic amines) is 1. The fraction of sp³-hybridized carbons (Fsp3) is 0.389. The zero-order chi connectivity index (χ0) is 19.4. The lowest BCUT2D eigenvalue weighted by molar-refractivity contribution is -0.274. The van der Waals surface area contributed by atoms with Crippen molar-refractivity contribution in [1.82, 2.24) is 14.9 Å². The number of halogens is 3. The van der Waals surface area contributed by atoms with Gasteiger partial charge in [0.15, 0.2) is 0 Å². The van der Waals surface area contributed by atoms with Crippen LogP contribution in [0.15, 0.2) is 36.5 Å². The first-order valence-electron chi connectivity index (χ1n) is 8.41. The van der Waals surface area contributed by atoms with Gasteiger partial charge in [-0.2, -0.15) is 4.98 Å². The molecule has 2 heterocycles. The number of nitrogens with zero attached hydrogens (tertiary/aromatic N) is 3. The highest BCUT2D eigenvalue weighted by atomic mass is 19.4. The lowest BCUT2D eigenvalue weighted by atomic mass is 10.1. The molecule has 0 bridgehead atoms. The fourth-order valence-electron chi connectivity index (χ4n) is 2.90. The van der Waals surface area contributed by atoms with Crippen molar-refractivity contribution < 1.29 is 27.4 Å². The molecular weight excluding hydrogens is 363 g/mol. The van der Waals surface area contributed by atoms with E-state index in [1.54, 1.807) is 24.1 Å². The molecule has 6 nitrogen and oxygen atoms in total. The summed E-state index contributed by atoms with van der Waals surface area (Å²) in [6.07, 6.45) is -1.98. The molecule has 1 atom stereocenters. The Morgan fingerprint density at radius 3 is 2.85 bits per heavy atom. The lowest BCUT2D eigenvalue weighted by Crippen LogP contribution is -2.44. The van der Waals surface area contributed by atoms with Crippen LogP contribution in [0.5, 0.6) is 11.6 Å². The van der Waals surface area contributed by atoms with Gasteiger partial charge in [-0.3, -0.25) is 4.79 Å². The van der Waals surface area contributed by atoms with E-state index < -0.39 is 12.1 Å². The molecule has 2 aromatic rings. The van der Waals surface area contributed by atoms with E-state index in [-0.39, 0.29) is 17.6 Å². The number of aryl methyl sites for hydroxylation is 1. The monoisotopic (exact) mass is 381 g/mol. The zero-order valence-corrected chi connectivity index (χ0v) is 14.6. The van der Waals surface area contributed by atoms with Gasteiger partial charge in [-0.1, -0.05) is 6.07 Å². The van der Waals surface area contributed by atoms with Crippen LogP contribution in [0.25, 0.3) is 0 Å². The molecule has 0 aliphatic carbocycles. The summed E-state index contributed by atoms with van der Waals surface area (Å²) >= 11 is 0. The molecule has 1 amide bonds. The van der Waals surface area contributed by atoms with E-state index in [0.717, 1.165) is 25.0 Å². The van der Waals surface area contributed by atoms with E-state index >= 15 is 0 Å². The number of carbonyl (C=O) groups is 1. The topological polar surface area (TPSA) is 64.5 Å². The number of aromatic nitrogens is 2. The van der Waals surface area contributed by atoms with Crippen molar-refractivity contribution in [2.45, 2.75) is 32.2 Å². The lowest BCUT2D eigenvalue weighted by Gasteiger charge is -2.32. The molecule has 1 aliphatic rings. The third-order valence-electron chi connectivity index (χ3n) is 4.02. The Morgan fingerprint density at radius 1 is 1.30 bits per heavy atom. The fourth-order valence-corrected chi connectivity index (χ4v) is 2.90. The summed E-state index contributed by atoms with van der Waals surface area (Å²) in [6.45, 7) is 2.58. The Balaban J connectivity index is 1.67. The van der Waals surface area contributed by atoms with Gasteiger partial charge in [-0.15, -0.1) is 13.2 Å². The molecule has 1 aromatic carbocycles. The first kappa shape index (κ1) is 18.9. The summed E-state index contributed by atoms with van der Waals surface area (Å²) in [4.78, 5) is 22.4. The number of amides is 1. The van der Waals surface area contributed by atoms with Crippen LogP contribution in [0.4, 0.5) is 13.2 Å². The zero-order valence-electron chi connectivity index (χ0n) is 14.6. The van der Waals surface area contributed by atoms with Gasteiger partial charge in [-0.05, 0) is 38.0 Å². The van der Waals surface area contributed by atoms with Crippen molar-refractivity contribution in [3.8, 4) is 11.6 Å².